The topological polar surface area (TPSA) is 95.6 Å². The first kappa shape index (κ1) is 24.4. The molecule has 1 heterocycles. The second kappa shape index (κ2) is 9.87. The van der Waals surface area contributed by atoms with E-state index in [1.807, 2.05) is 13.8 Å². The number of carbonyl (C=O) groups excluding carboxylic acids is 2. The highest BCUT2D eigenvalue weighted by atomic mass is 32.2. The van der Waals surface area contributed by atoms with Crippen LogP contribution < -0.4 is 14.9 Å². The molecule has 1 aliphatic rings. The zero-order valence-electron chi connectivity index (χ0n) is 19.4. The Morgan fingerprint density at radius 1 is 1.03 bits per heavy atom. The van der Waals surface area contributed by atoms with Crippen molar-refractivity contribution in [3.8, 4) is 0 Å². The Bertz CT molecular complexity index is 1340. The molecule has 0 spiro atoms. The zero-order valence-corrected chi connectivity index (χ0v) is 20.2. The van der Waals surface area contributed by atoms with Gasteiger partial charge in [-0.05, 0) is 53.4 Å². The Morgan fingerprint density at radius 3 is 2.34 bits per heavy atom. The van der Waals surface area contributed by atoms with Gasteiger partial charge in [0.2, 0.25) is 11.8 Å². The number of fused-ring (bicyclic) bond motifs is 1. The average molecular weight is 496 g/mol. The summed E-state index contributed by atoms with van der Waals surface area (Å²) in [5, 5.41) is 5.39. The van der Waals surface area contributed by atoms with Crippen LogP contribution in [0.1, 0.15) is 37.3 Å². The molecule has 4 rings (SSSR count). The van der Waals surface area contributed by atoms with Gasteiger partial charge in [-0.15, -0.1) is 0 Å². The average Bonchev–Trinajstić information content (AvgIpc) is 2.84. The predicted molar refractivity (Wildman–Crippen MR) is 132 cm³/mol. The third kappa shape index (κ3) is 5.19. The largest absolute Gasteiger partial charge is 0.352 e. The van der Waals surface area contributed by atoms with E-state index in [9.17, 15) is 22.4 Å². The molecule has 1 aliphatic heterocycles. The van der Waals surface area contributed by atoms with Crippen LogP contribution in [0.2, 0.25) is 0 Å². The normalized spacial score (nSPS) is 15.5. The number of nitrogens with one attached hydrogen (secondary N) is 2. The molecule has 3 aromatic rings. The smallest absolute Gasteiger partial charge is 0.265 e. The van der Waals surface area contributed by atoms with E-state index in [-0.39, 0.29) is 35.3 Å². The molecule has 0 aromatic heterocycles. The molecule has 3 aromatic carbocycles. The highest BCUT2D eigenvalue weighted by Crippen LogP contribution is 2.37. The van der Waals surface area contributed by atoms with Crippen LogP contribution in [-0.4, -0.2) is 26.3 Å². The van der Waals surface area contributed by atoms with E-state index < -0.39 is 27.9 Å². The van der Waals surface area contributed by atoms with Crippen LogP contribution in [-0.2, 0) is 26.2 Å². The lowest BCUT2D eigenvalue weighted by molar-refractivity contribution is -0.125. The number of amides is 2. The van der Waals surface area contributed by atoms with Gasteiger partial charge in [0, 0.05) is 6.54 Å². The van der Waals surface area contributed by atoms with Crippen molar-refractivity contribution in [3.63, 3.8) is 0 Å². The maximum atomic E-state index is 13.8. The summed E-state index contributed by atoms with van der Waals surface area (Å²) < 4.78 is 41.7. The summed E-state index contributed by atoms with van der Waals surface area (Å²) in [7, 11) is -4.17. The maximum Gasteiger partial charge on any atom is 0.265 e. The van der Waals surface area contributed by atoms with E-state index in [4.69, 9.17) is 0 Å². The number of halogens is 1. The summed E-state index contributed by atoms with van der Waals surface area (Å²) >= 11 is 0. The molecule has 2 amide bonds. The standard InChI is InChI=1S/C26H26FN3O4S/c1-17(2)19-9-13-21(14-10-19)35(33,34)30-23-6-4-3-5-22(23)29-26(32)24(30)15-25(31)28-16-18-7-11-20(27)12-8-18/h3-14,17,24H,15-16H2,1-2H3,(H,28,31)(H,29,32). The van der Waals surface area contributed by atoms with Gasteiger partial charge in [0.25, 0.3) is 10.0 Å². The van der Waals surface area contributed by atoms with E-state index >= 15 is 0 Å². The van der Waals surface area contributed by atoms with Crippen molar-refractivity contribution in [3.05, 3.63) is 89.7 Å². The van der Waals surface area contributed by atoms with Crippen molar-refractivity contribution in [2.75, 3.05) is 9.62 Å². The molecule has 0 radical (unpaired) electrons. The van der Waals surface area contributed by atoms with Crippen LogP contribution in [0.15, 0.2) is 77.7 Å². The van der Waals surface area contributed by atoms with E-state index in [1.54, 1.807) is 36.4 Å². The molecule has 182 valence electrons. The number of benzene rings is 3. The minimum atomic E-state index is -4.17. The van der Waals surface area contributed by atoms with Crippen molar-refractivity contribution < 1.29 is 22.4 Å². The Morgan fingerprint density at radius 2 is 1.69 bits per heavy atom. The van der Waals surface area contributed by atoms with Crippen LogP contribution in [0.4, 0.5) is 15.8 Å². The van der Waals surface area contributed by atoms with Crippen LogP contribution in [0.25, 0.3) is 0 Å². The van der Waals surface area contributed by atoms with Crippen LogP contribution in [0, 0.1) is 5.82 Å². The lowest BCUT2D eigenvalue weighted by atomic mass is 10.0. The van der Waals surface area contributed by atoms with Gasteiger partial charge in [-0.3, -0.25) is 13.9 Å². The molecule has 2 N–H and O–H groups in total. The number of para-hydroxylation sites is 2. The third-order valence-corrected chi connectivity index (χ3v) is 7.71. The molecule has 0 saturated heterocycles. The summed E-state index contributed by atoms with van der Waals surface area (Å²) in [5.41, 5.74) is 2.30. The Labute approximate surface area is 204 Å². The fraction of sp³-hybridized carbons (Fsp3) is 0.231. The molecule has 1 unspecified atom stereocenters. The molecule has 0 bridgehead atoms. The number of carbonyl (C=O) groups is 2. The molecular weight excluding hydrogens is 469 g/mol. The first-order valence-corrected chi connectivity index (χ1v) is 12.7. The predicted octanol–water partition coefficient (Wildman–Crippen LogP) is 4.17. The number of anilines is 2. The van der Waals surface area contributed by atoms with Gasteiger partial charge < -0.3 is 10.6 Å². The van der Waals surface area contributed by atoms with Gasteiger partial charge in [-0.2, -0.15) is 0 Å². The van der Waals surface area contributed by atoms with E-state index in [2.05, 4.69) is 10.6 Å². The van der Waals surface area contributed by atoms with E-state index in [0.717, 1.165) is 9.87 Å². The Balaban J connectivity index is 1.63. The fourth-order valence-electron chi connectivity index (χ4n) is 3.92. The monoisotopic (exact) mass is 495 g/mol. The lowest BCUT2D eigenvalue weighted by Gasteiger charge is -2.36. The maximum absolute atomic E-state index is 13.8. The second-order valence-corrected chi connectivity index (χ2v) is 10.5. The highest BCUT2D eigenvalue weighted by Gasteiger charge is 2.41. The third-order valence-electron chi connectivity index (χ3n) is 5.87. The van der Waals surface area contributed by atoms with E-state index in [0.29, 0.717) is 11.3 Å². The first-order chi connectivity index (χ1) is 16.7. The molecular formula is C26H26FN3O4S. The van der Waals surface area contributed by atoms with Crippen molar-refractivity contribution in [1.82, 2.24) is 5.32 Å². The van der Waals surface area contributed by atoms with Gasteiger partial charge in [0.05, 0.1) is 22.7 Å². The number of nitrogens with zero attached hydrogens (tertiary/aromatic N) is 1. The van der Waals surface area contributed by atoms with Crippen molar-refractivity contribution in [2.45, 2.75) is 43.7 Å². The van der Waals surface area contributed by atoms with Gasteiger partial charge >= 0.3 is 0 Å². The second-order valence-electron chi connectivity index (χ2n) is 8.65. The molecule has 0 aliphatic carbocycles. The Hall–Kier alpha value is -3.72. The van der Waals surface area contributed by atoms with Gasteiger partial charge in [-0.25, -0.2) is 12.8 Å². The molecule has 9 heteroatoms. The zero-order chi connectivity index (χ0) is 25.2. The highest BCUT2D eigenvalue weighted by molar-refractivity contribution is 7.93. The lowest BCUT2D eigenvalue weighted by Crippen LogP contribution is -2.52. The number of hydrogen-bond acceptors (Lipinski definition) is 4. The van der Waals surface area contributed by atoms with Crippen molar-refractivity contribution >= 4 is 33.2 Å². The van der Waals surface area contributed by atoms with Crippen molar-refractivity contribution in [2.24, 2.45) is 0 Å². The summed E-state index contributed by atoms with van der Waals surface area (Å²) in [4.78, 5) is 25.8. The summed E-state index contributed by atoms with van der Waals surface area (Å²) in [6, 6.07) is 17.5. The quantitative estimate of drug-likeness (QED) is 0.514. The Kier molecular flexibility index (Phi) is 6.88. The van der Waals surface area contributed by atoms with Crippen LogP contribution in [0.5, 0.6) is 0 Å². The summed E-state index contributed by atoms with van der Waals surface area (Å²) in [6.45, 7) is 4.14. The first-order valence-electron chi connectivity index (χ1n) is 11.2. The summed E-state index contributed by atoms with van der Waals surface area (Å²) in [6.07, 6.45) is -0.384. The SMILES string of the molecule is CC(C)c1ccc(S(=O)(=O)N2c3ccccc3NC(=O)C2CC(=O)NCc2ccc(F)cc2)cc1. The summed E-state index contributed by atoms with van der Waals surface area (Å²) in [5.74, 6) is -1.27. The fourth-order valence-corrected chi connectivity index (χ4v) is 5.55. The van der Waals surface area contributed by atoms with Gasteiger partial charge in [0.1, 0.15) is 11.9 Å². The number of rotatable bonds is 7. The molecule has 0 saturated carbocycles. The molecule has 7 nitrogen and oxygen atoms in total. The van der Waals surface area contributed by atoms with Crippen molar-refractivity contribution in [1.29, 1.82) is 0 Å². The van der Waals surface area contributed by atoms with Crippen LogP contribution >= 0.6 is 0 Å². The minimum Gasteiger partial charge on any atom is -0.352 e. The molecule has 35 heavy (non-hydrogen) atoms. The minimum absolute atomic E-state index is 0.0307. The van der Waals surface area contributed by atoms with Gasteiger partial charge in [-0.1, -0.05) is 50.2 Å². The number of sulfonamides is 1. The molecule has 1 atom stereocenters. The van der Waals surface area contributed by atoms with Crippen LogP contribution in [0.3, 0.4) is 0 Å². The van der Waals surface area contributed by atoms with Gasteiger partial charge in [0.15, 0.2) is 0 Å². The number of hydrogen-bond donors (Lipinski definition) is 2. The van der Waals surface area contributed by atoms with E-state index in [1.165, 1.54) is 36.4 Å². The molecule has 0 fully saturated rings.